The van der Waals surface area contributed by atoms with Crippen molar-refractivity contribution in [3.63, 3.8) is 0 Å². The first kappa shape index (κ1) is 11.7. The zero-order chi connectivity index (χ0) is 12.3. The molecule has 0 spiro atoms. The van der Waals surface area contributed by atoms with E-state index in [-0.39, 0.29) is 11.9 Å². The summed E-state index contributed by atoms with van der Waals surface area (Å²) in [6.07, 6.45) is 4.11. The Balaban J connectivity index is 2.22. The Kier molecular flexibility index (Phi) is 3.47. The van der Waals surface area contributed by atoms with Gasteiger partial charge in [-0.25, -0.2) is 0 Å². The minimum absolute atomic E-state index is 0.0492. The highest BCUT2D eigenvalue weighted by Gasteiger charge is 2.22. The summed E-state index contributed by atoms with van der Waals surface area (Å²) in [5.41, 5.74) is 2.26. The van der Waals surface area contributed by atoms with Crippen molar-refractivity contribution in [2.24, 2.45) is 0 Å². The van der Waals surface area contributed by atoms with Crippen LogP contribution in [0.3, 0.4) is 0 Å². The average molecular weight is 231 g/mol. The molecule has 3 heteroatoms. The second-order valence-corrected chi connectivity index (χ2v) is 4.24. The second kappa shape index (κ2) is 5.04. The SMILES string of the molecule is C/C=C/C(=O)NC1CCOc2ccc(C)cc21. The fraction of sp³-hybridized carbons (Fsp3) is 0.357. The molecule has 0 saturated heterocycles. The Morgan fingerprint density at radius 3 is 3.12 bits per heavy atom. The maximum atomic E-state index is 11.6. The van der Waals surface area contributed by atoms with Gasteiger partial charge in [0.1, 0.15) is 5.75 Å². The van der Waals surface area contributed by atoms with E-state index >= 15 is 0 Å². The average Bonchev–Trinajstić information content (AvgIpc) is 2.30. The molecule has 1 aliphatic heterocycles. The lowest BCUT2D eigenvalue weighted by Crippen LogP contribution is -2.31. The molecule has 1 unspecified atom stereocenters. The van der Waals surface area contributed by atoms with Crippen LogP contribution in [0.15, 0.2) is 30.4 Å². The standard InChI is InChI=1S/C14H17NO2/c1-3-4-14(16)15-12-7-8-17-13-6-5-10(2)9-11(12)13/h3-6,9,12H,7-8H2,1-2H3,(H,15,16)/b4-3+. The van der Waals surface area contributed by atoms with Gasteiger partial charge >= 0.3 is 0 Å². The number of aryl methyl sites for hydroxylation is 1. The first-order valence-electron chi connectivity index (χ1n) is 5.87. The Morgan fingerprint density at radius 2 is 2.35 bits per heavy atom. The highest BCUT2D eigenvalue weighted by atomic mass is 16.5. The van der Waals surface area contributed by atoms with Crippen LogP contribution in [0.4, 0.5) is 0 Å². The van der Waals surface area contributed by atoms with E-state index in [0.717, 1.165) is 17.7 Å². The van der Waals surface area contributed by atoms with Crippen molar-refractivity contribution in [1.29, 1.82) is 0 Å². The van der Waals surface area contributed by atoms with Crippen LogP contribution < -0.4 is 10.1 Å². The van der Waals surface area contributed by atoms with E-state index in [1.807, 2.05) is 26.0 Å². The Labute approximate surface area is 101 Å². The predicted octanol–water partition coefficient (Wildman–Crippen LogP) is 2.51. The minimum atomic E-state index is -0.0492. The van der Waals surface area contributed by atoms with Crippen LogP contribution in [0, 0.1) is 6.92 Å². The number of rotatable bonds is 2. The monoisotopic (exact) mass is 231 g/mol. The summed E-state index contributed by atoms with van der Waals surface area (Å²) in [5.74, 6) is 0.833. The number of carbonyl (C=O) groups excluding carboxylic acids is 1. The van der Waals surface area contributed by atoms with Gasteiger partial charge in [-0.05, 0) is 26.0 Å². The number of benzene rings is 1. The number of hydrogen-bond acceptors (Lipinski definition) is 2. The summed E-state index contributed by atoms with van der Waals surface area (Å²) >= 11 is 0. The maximum Gasteiger partial charge on any atom is 0.244 e. The Hall–Kier alpha value is -1.77. The van der Waals surface area contributed by atoms with Gasteiger partial charge in [-0.15, -0.1) is 0 Å². The van der Waals surface area contributed by atoms with Crippen molar-refractivity contribution in [1.82, 2.24) is 5.32 Å². The van der Waals surface area contributed by atoms with Gasteiger partial charge in [-0.3, -0.25) is 4.79 Å². The first-order chi connectivity index (χ1) is 8.20. The van der Waals surface area contributed by atoms with Gasteiger partial charge in [0.2, 0.25) is 5.91 Å². The van der Waals surface area contributed by atoms with Crippen molar-refractivity contribution in [3.8, 4) is 5.75 Å². The van der Waals surface area contributed by atoms with Gasteiger partial charge in [0.05, 0.1) is 12.6 Å². The van der Waals surface area contributed by atoms with Crippen LogP contribution in [0.25, 0.3) is 0 Å². The highest BCUT2D eigenvalue weighted by Crippen LogP contribution is 2.32. The molecule has 1 aromatic rings. The van der Waals surface area contributed by atoms with Gasteiger partial charge in [0, 0.05) is 12.0 Å². The summed E-state index contributed by atoms with van der Waals surface area (Å²) in [6.45, 7) is 4.53. The van der Waals surface area contributed by atoms with Crippen LogP contribution in [0.1, 0.15) is 30.5 Å². The second-order valence-electron chi connectivity index (χ2n) is 4.24. The molecule has 2 rings (SSSR count). The molecule has 3 nitrogen and oxygen atoms in total. The molecule has 1 N–H and O–H groups in total. The quantitative estimate of drug-likeness (QED) is 0.794. The molecule has 1 aliphatic rings. The van der Waals surface area contributed by atoms with E-state index in [9.17, 15) is 4.79 Å². The third-order valence-electron chi connectivity index (χ3n) is 2.84. The molecule has 17 heavy (non-hydrogen) atoms. The summed E-state index contributed by atoms with van der Waals surface area (Å²) in [6, 6.07) is 6.13. The number of nitrogens with one attached hydrogen (secondary N) is 1. The van der Waals surface area contributed by atoms with E-state index in [4.69, 9.17) is 4.74 Å². The molecule has 1 aromatic carbocycles. The zero-order valence-corrected chi connectivity index (χ0v) is 10.2. The molecular formula is C14H17NO2. The first-order valence-corrected chi connectivity index (χ1v) is 5.87. The highest BCUT2D eigenvalue weighted by molar-refractivity contribution is 5.87. The van der Waals surface area contributed by atoms with Crippen molar-refractivity contribution in [2.45, 2.75) is 26.3 Å². The summed E-state index contributed by atoms with van der Waals surface area (Å²) in [7, 11) is 0. The molecule has 0 bridgehead atoms. The third-order valence-corrected chi connectivity index (χ3v) is 2.84. The Bertz CT molecular complexity index is 452. The topological polar surface area (TPSA) is 38.3 Å². The molecule has 90 valence electrons. The van der Waals surface area contributed by atoms with Crippen LogP contribution in [0.2, 0.25) is 0 Å². The van der Waals surface area contributed by atoms with Crippen molar-refractivity contribution >= 4 is 5.91 Å². The molecule has 0 saturated carbocycles. The number of amides is 1. The smallest absolute Gasteiger partial charge is 0.244 e. The van der Waals surface area contributed by atoms with Crippen LogP contribution in [0.5, 0.6) is 5.75 Å². The molecule has 0 radical (unpaired) electrons. The lowest BCUT2D eigenvalue weighted by Gasteiger charge is -2.26. The van der Waals surface area contributed by atoms with Crippen molar-refractivity contribution < 1.29 is 9.53 Å². The lowest BCUT2D eigenvalue weighted by atomic mass is 9.98. The van der Waals surface area contributed by atoms with E-state index in [1.54, 1.807) is 12.2 Å². The summed E-state index contributed by atoms with van der Waals surface area (Å²) in [5, 5.41) is 3.00. The number of hydrogen-bond donors (Lipinski definition) is 1. The zero-order valence-electron chi connectivity index (χ0n) is 10.2. The minimum Gasteiger partial charge on any atom is -0.493 e. The van der Waals surface area contributed by atoms with Gasteiger partial charge in [-0.1, -0.05) is 23.8 Å². The molecular weight excluding hydrogens is 214 g/mol. The predicted molar refractivity (Wildman–Crippen MR) is 67.0 cm³/mol. The maximum absolute atomic E-state index is 11.6. The lowest BCUT2D eigenvalue weighted by molar-refractivity contribution is -0.117. The largest absolute Gasteiger partial charge is 0.493 e. The Morgan fingerprint density at radius 1 is 1.53 bits per heavy atom. The number of ether oxygens (including phenoxy) is 1. The fourth-order valence-electron chi connectivity index (χ4n) is 2.04. The molecule has 0 aromatic heterocycles. The normalized spacial score (nSPS) is 18.6. The molecule has 1 amide bonds. The van der Waals surface area contributed by atoms with E-state index < -0.39 is 0 Å². The fourth-order valence-corrected chi connectivity index (χ4v) is 2.04. The van der Waals surface area contributed by atoms with Gasteiger partial charge in [0.25, 0.3) is 0 Å². The van der Waals surface area contributed by atoms with Gasteiger partial charge in [-0.2, -0.15) is 0 Å². The molecule has 0 aliphatic carbocycles. The van der Waals surface area contributed by atoms with Crippen LogP contribution in [-0.4, -0.2) is 12.5 Å². The number of carbonyl (C=O) groups is 1. The molecule has 0 fully saturated rings. The summed E-state index contributed by atoms with van der Waals surface area (Å²) in [4.78, 5) is 11.6. The van der Waals surface area contributed by atoms with E-state index in [2.05, 4.69) is 11.4 Å². The number of allylic oxidation sites excluding steroid dienone is 1. The van der Waals surface area contributed by atoms with Crippen molar-refractivity contribution in [2.75, 3.05) is 6.61 Å². The number of fused-ring (bicyclic) bond motifs is 1. The molecule has 1 heterocycles. The van der Waals surface area contributed by atoms with Gasteiger partial charge < -0.3 is 10.1 Å². The van der Waals surface area contributed by atoms with Crippen LogP contribution >= 0.6 is 0 Å². The van der Waals surface area contributed by atoms with Gasteiger partial charge in [0.15, 0.2) is 0 Å². The van der Waals surface area contributed by atoms with E-state index in [0.29, 0.717) is 6.61 Å². The van der Waals surface area contributed by atoms with E-state index in [1.165, 1.54) is 5.56 Å². The van der Waals surface area contributed by atoms with Crippen LogP contribution in [-0.2, 0) is 4.79 Å². The van der Waals surface area contributed by atoms with Crippen molar-refractivity contribution in [3.05, 3.63) is 41.5 Å². The third kappa shape index (κ3) is 2.67. The molecule has 1 atom stereocenters. The summed E-state index contributed by atoms with van der Waals surface area (Å²) < 4.78 is 5.58.